The van der Waals surface area contributed by atoms with Gasteiger partial charge >= 0.3 is 0 Å². The van der Waals surface area contributed by atoms with Gasteiger partial charge < -0.3 is 10.6 Å². The summed E-state index contributed by atoms with van der Waals surface area (Å²) < 4.78 is 41.0. The van der Waals surface area contributed by atoms with Crippen molar-refractivity contribution in [3.8, 4) is 0 Å². The standard InChI is InChI=1S/C14H13ClF3N3/c1-2-6-19-13-10(17)7-11(18)14(21-13)20-12-8(15)4-3-5-9(12)16/h3-5,7H,2,6H2,1H3,(H2,19,20,21). The van der Waals surface area contributed by atoms with Gasteiger partial charge in [-0.3, -0.25) is 0 Å². The first kappa shape index (κ1) is 15.4. The molecule has 1 aromatic heterocycles. The number of aromatic nitrogens is 1. The fourth-order valence-corrected chi connectivity index (χ4v) is 1.87. The van der Waals surface area contributed by atoms with Gasteiger partial charge in [0.05, 0.1) is 10.7 Å². The van der Waals surface area contributed by atoms with Crippen LogP contribution >= 0.6 is 11.6 Å². The molecule has 0 atom stereocenters. The molecule has 1 heterocycles. The Balaban J connectivity index is 2.35. The fraction of sp³-hybridized carbons (Fsp3) is 0.214. The molecule has 0 fully saturated rings. The van der Waals surface area contributed by atoms with E-state index in [-0.39, 0.29) is 22.3 Å². The first-order valence-electron chi connectivity index (χ1n) is 6.34. The van der Waals surface area contributed by atoms with Crippen LogP contribution in [0.15, 0.2) is 24.3 Å². The number of rotatable bonds is 5. The molecule has 0 saturated heterocycles. The Morgan fingerprint density at radius 3 is 2.48 bits per heavy atom. The highest BCUT2D eigenvalue weighted by molar-refractivity contribution is 6.33. The molecule has 0 radical (unpaired) electrons. The first-order chi connectivity index (χ1) is 10.0. The lowest BCUT2D eigenvalue weighted by molar-refractivity contribution is 0.578. The lowest BCUT2D eigenvalue weighted by Gasteiger charge is -2.12. The normalized spacial score (nSPS) is 10.5. The van der Waals surface area contributed by atoms with Gasteiger partial charge in [-0.1, -0.05) is 24.6 Å². The van der Waals surface area contributed by atoms with Gasteiger partial charge in [-0.05, 0) is 18.6 Å². The Morgan fingerprint density at radius 2 is 1.81 bits per heavy atom. The van der Waals surface area contributed by atoms with E-state index in [0.717, 1.165) is 6.42 Å². The van der Waals surface area contributed by atoms with Gasteiger partial charge in [0, 0.05) is 12.6 Å². The van der Waals surface area contributed by atoms with E-state index in [0.29, 0.717) is 12.6 Å². The summed E-state index contributed by atoms with van der Waals surface area (Å²) in [6, 6.07) is 4.73. The van der Waals surface area contributed by atoms with Crippen molar-refractivity contribution in [3.63, 3.8) is 0 Å². The zero-order chi connectivity index (χ0) is 15.4. The van der Waals surface area contributed by atoms with Gasteiger partial charge in [0.15, 0.2) is 23.3 Å². The maximum absolute atomic E-state index is 13.7. The minimum Gasteiger partial charge on any atom is -0.368 e. The number of benzene rings is 1. The molecule has 0 aliphatic heterocycles. The summed E-state index contributed by atoms with van der Waals surface area (Å²) in [6.45, 7) is 2.38. The van der Waals surface area contributed by atoms with Crippen molar-refractivity contribution in [2.75, 3.05) is 17.2 Å². The highest BCUT2D eigenvalue weighted by atomic mass is 35.5. The van der Waals surface area contributed by atoms with E-state index in [1.807, 2.05) is 6.92 Å². The molecule has 2 aromatic rings. The summed E-state index contributed by atoms with van der Waals surface area (Å²) in [5.41, 5.74) is -0.112. The zero-order valence-corrected chi connectivity index (χ0v) is 11.9. The van der Waals surface area contributed by atoms with E-state index in [2.05, 4.69) is 15.6 Å². The van der Waals surface area contributed by atoms with E-state index < -0.39 is 17.5 Å². The van der Waals surface area contributed by atoms with Crippen LogP contribution in [0.5, 0.6) is 0 Å². The Kier molecular flexibility index (Phi) is 4.90. The van der Waals surface area contributed by atoms with Crippen LogP contribution in [0.3, 0.4) is 0 Å². The first-order valence-corrected chi connectivity index (χ1v) is 6.71. The SMILES string of the molecule is CCCNc1nc(Nc2c(F)cccc2Cl)c(F)cc1F. The molecule has 0 amide bonds. The van der Waals surface area contributed by atoms with Crippen LogP contribution in [0, 0.1) is 17.5 Å². The molecule has 21 heavy (non-hydrogen) atoms. The molecular formula is C14H13ClF3N3. The lowest BCUT2D eigenvalue weighted by Crippen LogP contribution is -2.08. The van der Waals surface area contributed by atoms with Crippen LogP contribution in [0.1, 0.15) is 13.3 Å². The number of anilines is 3. The summed E-state index contributed by atoms with van der Waals surface area (Å²) >= 11 is 5.84. The van der Waals surface area contributed by atoms with E-state index >= 15 is 0 Å². The third kappa shape index (κ3) is 3.58. The second-order valence-corrected chi connectivity index (χ2v) is 4.70. The van der Waals surface area contributed by atoms with Gasteiger partial charge in [0.25, 0.3) is 0 Å². The third-order valence-electron chi connectivity index (χ3n) is 2.68. The molecule has 0 bridgehead atoms. The summed E-state index contributed by atoms with van der Waals surface area (Å²) in [7, 11) is 0. The summed E-state index contributed by atoms with van der Waals surface area (Å²) in [4.78, 5) is 3.79. The molecule has 0 aliphatic carbocycles. The maximum atomic E-state index is 13.7. The van der Waals surface area contributed by atoms with Crippen molar-refractivity contribution in [2.45, 2.75) is 13.3 Å². The number of nitrogens with one attached hydrogen (secondary N) is 2. The number of para-hydroxylation sites is 1. The number of hydrogen-bond acceptors (Lipinski definition) is 3. The van der Waals surface area contributed by atoms with Gasteiger partial charge in [0.1, 0.15) is 5.82 Å². The number of nitrogens with zero attached hydrogens (tertiary/aromatic N) is 1. The zero-order valence-electron chi connectivity index (χ0n) is 11.2. The van der Waals surface area contributed by atoms with Gasteiger partial charge in [0.2, 0.25) is 0 Å². The second-order valence-electron chi connectivity index (χ2n) is 4.30. The number of hydrogen-bond donors (Lipinski definition) is 2. The Hall–Kier alpha value is -1.95. The average molecular weight is 316 g/mol. The molecule has 0 spiro atoms. The van der Waals surface area contributed by atoms with Crippen molar-refractivity contribution in [1.82, 2.24) is 4.98 Å². The molecular weight excluding hydrogens is 303 g/mol. The minimum absolute atomic E-state index is 0.0728. The van der Waals surface area contributed by atoms with E-state index in [1.165, 1.54) is 18.2 Å². The van der Waals surface area contributed by atoms with Crippen LogP contribution in [-0.4, -0.2) is 11.5 Å². The Labute approximate surface area is 125 Å². The van der Waals surface area contributed by atoms with Crippen LogP contribution in [0.2, 0.25) is 5.02 Å². The topological polar surface area (TPSA) is 37.0 Å². The molecule has 7 heteroatoms. The highest BCUT2D eigenvalue weighted by Crippen LogP contribution is 2.29. The fourth-order valence-electron chi connectivity index (χ4n) is 1.66. The van der Waals surface area contributed by atoms with Crippen molar-refractivity contribution < 1.29 is 13.2 Å². The molecule has 0 aliphatic rings. The Morgan fingerprint density at radius 1 is 1.10 bits per heavy atom. The smallest absolute Gasteiger partial charge is 0.169 e. The van der Waals surface area contributed by atoms with Gasteiger partial charge in [-0.25, -0.2) is 18.2 Å². The average Bonchev–Trinajstić information content (AvgIpc) is 2.44. The summed E-state index contributed by atoms with van der Waals surface area (Å²) in [6.07, 6.45) is 0.750. The molecule has 3 nitrogen and oxygen atoms in total. The van der Waals surface area contributed by atoms with E-state index in [4.69, 9.17) is 11.6 Å². The van der Waals surface area contributed by atoms with Gasteiger partial charge in [-0.15, -0.1) is 0 Å². The van der Waals surface area contributed by atoms with Crippen LogP contribution in [0.25, 0.3) is 0 Å². The molecule has 2 rings (SSSR count). The third-order valence-corrected chi connectivity index (χ3v) is 2.99. The van der Waals surface area contributed by atoms with Crippen LogP contribution < -0.4 is 10.6 Å². The maximum Gasteiger partial charge on any atom is 0.169 e. The molecule has 0 unspecified atom stereocenters. The molecule has 2 N–H and O–H groups in total. The lowest BCUT2D eigenvalue weighted by atomic mass is 10.3. The predicted molar refractivity (Wildman–Crippen MR) is 77.6 cm³/mol. The number of halogens is 4. The van der Waals surface area contributed by atoms with Crippen LogP contribution in [0.4, 0.5) is 30.5 Å². The molecule has 1 aromatic carbocycles. The Bertz CT molecular complexity index is 629. The van der Waals surface area contributed by atoms with Crippen molar-refractivity contribution in [3.05, 3.63) is 46.7 Å². The largest absolute Gasteiger partial charge is 0.368 e. The summed E-state index contributed by atoms with van der Waals surface area (Å²) in [5.74, 6) is -2.81. The van der Waals surface area contributed by atoms with E-state index in [9.17, 15) is 13.2 Å². The predicted octanol–water partition coefficient (Wildman–Crippen LogP) is 4.72. The van der Waals surface area contributed by atoms with Crippen molar-refractivity contribution in [1.29, 1.82) is 0 Å². The highest BCUT2D eigenvalue weighted by Gasteiger charge is 2.15. The van der Waals surface area contributed by atoms with Crippen molar-refractivity contribution >= 4 is 28.9 Å². The van der Waals surface area contributed by atoms with E-state index in [1.54, 1.807) is 0 Å². The minimum atomic E-state index is -0.936. The van der Waals surface area contributed by atoms with Gasteiger partial charge in [-0.2, -0.15) is 0 Å². The monoisotopic (exact) mass is 315 g/mol. The number of pyridine rings is 1. The second kappa shape index (κ2) is 6.67. The molecule has 112 valence electrons. The summed E-state index contributed by atoms with van der Waals surface area (Å²) in [5, 5.41) is 5.25. The molecule has 0 saturated carbocycles. The van der Waals surface area contributed by atoms with Crippen molar-refractivity contribution in [2.24, 2.45) is 0 Å². The quantitative estimate of drug-likeness (QED) is 0.838. The van der Waals surface area contributed by atoms with Crippen LogP contribution in [-0.2, 0) is 0 Å².